The van der Waals surface area contributed by atoms with Crippen molar-refractivity contribution in [2.75, 3.05) is 6.61 Å². The first-order valence-corrected chi connectivity index (χ1v) is 2.32. The van der Waals surface area contributed by atoms with Gasteiger partial charge in [0.05, 0.1) is 0 Å². The van der Waals surface area contributed by atoms with Crippen LogP contribution in [0, 0.1) is 12.3 Å². The molecule has 0 bridgehead atoms. The highest BCUT2D eigenvalue weighted by atomic mass is 16.5. The van der Waals surface area contributed by atoms with Gasteiger partial charge in [0.2, 0.25) is 0 Å². The lowest BCUT2D eigenvalue weighted by Gasteiger charge is -1.84. The summed E-state index contributed by atoms with van der Waals surface area (Å²) >= 11 is 0. The van der Waals surface area contributed by atoms with E-state index in [0.29, 0.717) is 6.61 Å². The van der Waals surface area contributed by atoms with Crippen LogP contribution in [0.2, 0.25) is 0 Å². The average molecular weight is 108 g/mol. The molecule has 0 rings (SSSR count). The molecule has 0 atom stereocenters. The lowest BCUT2D eigenvalue weighted by atomic mass is 10.7. The Bertz CT molecular complexity index is 133. The van der Waals surface area contributed by atoms with Crippen LogP contribution >= 0.6 is 0 Å². The van der Waals surface area contributed by atoms with E-state index in [-0.39, 0.29) is 0 Å². The predicted octanol–water partition coefficient (Wildman–Crippen LogP) is 1.32. The van der Waals surface area contributed by atoms with Gasteiger partial charge in [0.1, 0.15) is 12.9 Å². The molecule has 0 radical (unpaired) electrons. The third kappa shape index (κ3) is 4.88. The van der Waals surface area contributed by atoms with Crippen LogP contribution in [0.3, 0.4) is 0 Å². The summed E-state index contributed by atoms with van der Waals surface area (Å²) in [6.45, 7) is 2.18. The number of ether oxygens (including phenoxy) is 1. The fourth-order valence-electron chi connectivity index (χ4n) is 0.206. The van der Waals surface area contributed by atoms with E-state index in [0.717, 1.165) is 0 Å². The summed E-state index contributed by atoms with van der Waals surface area (Å²) in [5, 5.41) is 0. The van der Waals surface area contributed by atoms with E-state index in [2.05, 4.69) is 11.7 Å². The Morgan fingerprint density at radius 3 is 3.00 bits per heavy atom. The SMILES string of the molecule is C#CCOC=C=CC. The predicted molar refractivity (Wildman–Crippen MR) is 33.1 cm³/mol. The van der Waals surface area contributed by atoms with Gasteiger partial charge < -0.3 is 4.74 Å². The average Bonchev–Trinajstić information content (AvgIpc) is 1.81. The number of hydrogen-bond donors (Lipinski definition) is 0. The maximum absolute atomic E-state index is 4.88. The highest BCUT2D eigenvalue weighted by molar-refractivity contribution is 4.85. The maximum Gasteiger partial charge on any atom is 0.148 e. The van der Waals surface area contributed by atoms with E-state index >= 15 is 0 Å². The maximum atomic E-state index is 4.88. The molecule has 42 valence electrons. The van der Waals surface area contributed by atoms with Crippen molar-refractivity contribution >= 4 is 0 Å². The van der Waals surface area contributed by atoms with Crippen molar-refractivity contribution in [1.29, 1.82) is 0 Å². The minimum Gasteiger partial charge on any atom is -0.480 e. The molecule has 0 saturated heterocycles. The molecule has 0 saturated carbocycles. The first-order valence-electron chi connectivity index (χ1n) is 2.32. The van der Waals surface area contributed by atoms with Gasteiger partial charge in [0.25, 0.3) is 0 Å². The molecule has 0 heterocycles. The molecule has 1 nitrogen and oxygen atoms in total. The van der Waals surface area contributed by atoms with Crippen LogP contribution in [0.25, 0.3) is 0 Å². The van der Waals surface area contributed by atoms with Crippen molar-refractivity contribution < 1.29 is 4.74 Å². The second-order valence-corrected chi connectivity index (χ2v) is 1.09. The van der Waals surface area contributed by atoms with Gasteiger partial charge in [-0.3, -0.25) is 0 Å². The lowest BCUT2D eigenvalue weighted by molar-refractivity contribution is 0.297. The first kappa shape index (κ1) is 6.88. The second-order valence-electron chi connectivity index (χ2n) is 1.09. The van der Waals surface area contributed by atoms with Gasteiger partial charge in [-0.1, -0.05) is 11.7 Å². The van der Waals surface area contributed by atoms with Crippen LogP contribution in [0.4, 0.5) is 0 Å². The summed E-state index contributed by atoms with van der Waals surface area (Å²) < 4.78 is 4.72. The van der Waals surface area contributed by atoms with Gasteiger partial charge in [-0.15, -0.1) is 6.42 Å². The van der Waals surface area contributed by atoms with E-state index in [4.69, 9.17) is 11.2 Å². The van der Waals surface area contributed by atoms with Crippen molar-refractivity contribution in [3.8, 4) is 12.3 Å². The monoisotopic (exact) mass is 108 g/mol. The molecule has 0 aliphatic carbocycles. The number of terminal acetylenes is 1. The van der Waals surface area contributed by atoms with Crippen LogP contribution in [0.5, 0.6) is 0 Å². The first-order chi connectivity index (χ1) is 3.91. The van der Waals surface area contributed by atoms with Crippen molar-refractivity contribution in [1.82, 2.24) is 0 Å². The van der Waals surface area contributed by atoms with Crippen LogP contribution in [-0.4, -0.2) is 6.61 Å². The molecule has 0 aliphatic heterocycles. The van der Waals surface area contributed by atoms with E-state index in [1.165, 1.54) is 6.26 Å². The fraction of sp³-hybridized carbons (Fsp3) is 0.286. The van der Waals surface area contributed by atoms with E-state index < -0.39 is 0 Å². The molecule has 0 unspecified atom stereocenters. The van der Waals surface area contributed by atoms with Crippen molar-refractivity contribution in [2.24, 2.45) is 0 Å². The van der Waals surface area contributed by atoms with Crippen molar-refractivity contribution in [3.63, 3.8) is 0 Å². The fourth-order valence-corrected chi connectivity index (χ4v) is 0.206. The van der Waals surface area contributed by atoms with Gasteiger partial charge in [-0.05, 0) is 13.0 Å². The minimum absolute atomic E-state index is 0.320. The van der Waals surface area contributed by atoms with Gasteiger partial charge in [0, 0.05) is 0 Å². The zero-order chi connectivity index (χ0) is 6.24. The normalized spacial score (nSPS) is 6.00. The van der Waals surface area contributed by atoms with Crippen molar-refractivity contribution in [3.05, 3.63) is 18.1 Å². The molecule has 0 amide bonds. The number of hydrogen-bond acceptors (Lipinski definition) is 1. The van der Waals surface area contributed by atoms with E-state index in [1.54, 1.807) is 6.08 Å². The van der Waals surface area contributed by atoms with Crippen LogP contribution < -0.4 is 0 Å². The second kappa shape index (κ2) is 5.88. The smallest absolute Gasteiger partial charge is 0.148 e. The van der Waals surface area contributed by atoms with Crippen molar-refractivity contribution in [2.45, 2.75) is 6.92 Å². The third-order valence-corrected chi connectivity index (χ3v) is 0.485. The zero-order valence-electron chi connectivity index (χ0n) is 4.85. The molecule has 0 aliphatic rings. The van der Waals surface area contributed by atoms with Gasteiger partial charge >= 0.3 is 0 Å². The Hall–Kier alpha value is -1.12. The molecule has 0 aromatic carbocycles. The van der Waals surface area contributed by atoms with E-state index in [9.17, 15) is 0 Å². The highest BCUT2D eigenvalue weighted by Gasteiger charge is 1.64. The minimum atomic E-state index is 0.320. The van der Waals surface area contributed by atoms with Gasteiger partial charge in [-0.2, -0.15) is 0 Å². The zero-order valence-corrected chi connectivity index (χ0v) is 4.85. The van der Waals surface area contributed by atoms with Gasteiger partial charge in [0.15, 0.2) is 0 Å². The number of rotatable bonds is 2. The van der Waals surface area contributed by atoms with Crippen LogP contribution in [0.15, 0.2) is 18.1 Å². The Balaban J connectivity index is 3.20. The van der Waals surface area contributed by atoms with Crippen LogP contribution in [-0.2, 0) is 4.74 Å². The summed E-state index contributed by atoms with van der Waals surface area (Å²) in [5.74, 6) is 2.32. The Morgan fingerprint density at radius 2 is 2.50 bits per heavy atom. The summed E-state index contributed by atoms with van der Waals surface area (Å²) in [7, 11) is 0. The molecule has 0 N–H and O–H groups in total. The lowest BCUT2D eigenvalue weighted by Crippen LogP contribution is -1.77. The molecular weight excluding hydrogens is 100 g/mol. The van der Waals surface area contributed by atoms with E-state index in [1.807, 2.05) is 6.92 Å². The highest BCUT2D eigenvalue weighted by Crippen LogP contribution is 1.70. The molecule has 8 heavy (non-hydrogen) atoms. The largest absolute Gasteiger partial charge is 0.480 e. The van der Waals surface area contributed by atoms with Gasteiger partial charge in [-0.25, -0.2) is 0 Å². The molecule has 0 aromatic rings. The summed E-state index contributed by atoms with van der Waals surface area (Å²) in [6.07, 6.45) is 8.07. The molecule has 0 spiro atoms. The summed E-state index contributed by atoms with van der Waals surface area (Å²) in [6, 6.07) is 0. The van der Waals surface area contributed by atoms with Crippen LogP contribution in [0.1, 0.15) is 6.92 Å². The Labute approximate surface area is 49.7 Å². The summed E-state index contributed by atoms with van der Waals surface area (Å²) in [4.78, 5) is 0. The standard InChI is InChI=1S/C7H8O/c1-3-5-7-8-6-4-2/h2-3,7H,6H2,1H3. The number of allylic oxidation sites excluding steroid dienone is 1. The molecular formula is C7H8O. The molecule has 1 heteroatoms. The topological polar surface area (TPSA) is 9.23 Å². The third-order valence-electron chi connectivity index (χ3n) is 0.485. The molecule has 0 aromatic heterocycles. The Morgan fingerprint density at radius 1 is 1.75 bits per heavy atom. The Kier molecular flexibility index (Phi) is 5.06. The quantitative estimate of drug-likeness (QED) is 0.224. The summed E-state index contributed by atoms with van der Waals surface area (Å²) in [5.41, 5.74) is 2.72. The molecule has 0 fully saturated rings.